The molecule has 0 unspecified atom stereocenters. The molecular weight excluding hydrogens is 501 g/mol. The van der Waals surface area contributed by atoms with Crippen LogP contribution in [0.25, 0.3) is 11.1 Å². The Kier molecular flexibility index (Phi) is 8.25. The molecule has 1 aromatic carbocycles. The number of benzene rings is 1. The van der Waals surface area contributed by atoms with Crippen LogP contribution < -0.4 is 5.32 Å². The summed E-state index contributed by atoms with van der Waals surface area (Å²) in [6.45, 7) is 4.55. The fraction of sp³-hybridized carbons (Fsp3) is 0.417. The van der Waals surface area contributed by atoms with E-state index in [0.717, 1.165) is 29.5 Å². The summed E-state index contributed by atoms with van der Waals surface area (Å²) in [5.74, 6) is -2.68. The van der Waals surface area contributed by atoms with Crippen LogP contribution >= 0.6 is 11.6 Å². The molecule has 0 aliphatic carbocycles. The second-order valence-electron chi connectivity index (χ2n) is 8.81. The van der Waals surface area contributed by atoms with Crippen LogP contribution in [0, 0.1) is 5.41 Å². The molecule has 194 valence electrons. The highest BCUT2D eigenvalue weighted by Gasteiger charge is 2.44. The minimum atomic E-state index is -5.08. The summed E-state index contributed by atoms with van der Waals surface area (Å²) < 4.78 is 37.3. The van der Waals surface area contributed by atoms with Gasteiger partial charge in [-0.15, -0.1) is 0 Å². The molecular formula is C24H26ClF3N4O4. The zero-order valence-corrected chi connectivity index (χ0v) is 20.4. The number of carboxylic acid groups (broad SMARTS) is 1. The smallest absolute Gasteiger partial charge is 0.475 e. The number of carbonyl (C=O) groups excluding carboxylic acids is 1. The molecule has 2 aliphatic rings. The zero-order chi connectivity index (χ0) is 26.7. The fourth-order valence-corrected chi connectivity index (χ4v) is 4.79. The van der Waals surface area contributed by atoms with E-state index in [-0.39, 0.29) is 30.4 Å². The predicted octanol–water partition coefficient (Wildman–Crippen LogP) is 4.57. The number of carbonyl (C=O) groups is 2. The Morgan fingerprint density at radius 3 is 2.50 bits per heavy atom. The first-order chi connectivity index (χ1) is 16.8. The number of nitrogens with one attached hydrogen (secondary N) is 2. The highest BCUT2D eigenvalue weighted by molar-refractivity contribution is 6.34. The zero-order valence-electron chi connectivity index (χ0n) is 19.6. The summed E-state index contributed by atoms with van der Waals surface area (Å²) in [5.41, 5.74) is 1.91. The number of pyridine rings is 1. The topological polar surface area (TPSA) is 116 Å². The van der Waals surface area contributed by atoms with Crippen LogP contribution in [0.3, 0.4) is 0 Å². The molecule has 0 bridgehead atoms. The average Bonchev–Trinajstić information content (AvgIpc) is 2.79. The molecule has 3 N–H and O–H groups in total. The molecule has 1 aromatic heterocycles. The normalized spacial score (nSPS) is 24.4. The van der Waals surface area contributed by atoms with Crippen molar-refractivity contribution in [2.75, 3.05) is 6.61 Å². The van der Waals surface area contributed by atoms with E-state index in [0.29, 0.717) is 11.6 Å². The van der Waals surface area contributed by atoms with Gasteiger partial charge in [-0.25, -0.2) is 4.79 Å². The number of alkyl halides is 3. The molecule has 2 saturated heterocycles. The molecule has 0 spiro atoms. The number of carboxylic acids is 1. The standard InChI is InChI=1S/C22H25ClN4O2.C2HF3O2/c1-14-12-16(8-11-29-14)27-19(28)13-22(2,26-21(27)24)18-5-3-4-17(20(18)23)15-6-9-25-10-7-15;3-2(4,5)1(6)7/h3-7,9-10,14,16H,8,11-13H2,1-2H3,(H2,24,26);(H,6,7)/t14-,16-,22-;/m0./s1. The minimum Gasteiger partial charge on any atom is -0.475 e. The molecule has 8 nitrogen and oxygen atoms in total. The third kappa shape index (κ3) is 6.14. The van der Waals surface area contributed by atoms with Crippen LogP contribution in [0.4, 0.5) is 13.2 Å². The number of rotatable bonds is 3. The van der Waals surface area contributed by atoms with Gasteiger partial charge in [0.25, 0.3) is 0 Å². The van der Waals surface area contributed by atoms with Gasteiger partial charge in [0.1, 0.15) is 0 Å². The monoisotopic (exact) mass is 526 g/mol. The van der Waals surface area contributed by atoms with Gasteiger partial charge >= 0.3 is 12.1 Å². The van der Waals surface area contributed by atoms with Gasteiger partial charge in [-0.05, 0) is 49.9 Å². The van der Waals surface area contributed by atoms with Gasteiger partial charge < -0.3 is 15.2 Å². The first kappa shape index (κ1) is 27.4. The summed E-state index contributed by atoms with van der Waals surface area (Å²) in [5, 5.41) is 19.6. The molecule has 2 aromatic rings. The van der Waals surface area contributed by atoms with Crippen LogP contribution in [0.5, 0.6) is 0 Å². The Hall–Kier alpha value is -3.18. The maximum absolute atomic E-state index is 13.1. The van der Waals surface area contributed by atoms with Crippen molar-refractivity contribution in [3.63, 3.8) is 0 Å². The van der Waals surface area contributed by atoms with Crippen LogP contribution in [-0.2, 0) is 19.9 Å². The molecule has 0 saturated carbocycles. The van der Waals surface area contributed by atoms with Crippen LogP contribution in [-0.4, -0.2) is 57.8 Å². The van der Waals surface area contributed by atoms with E-state index >= 15 is 0 Å². The Morgan fingerprint density at radius 2 is 1.94 bits per heavy atom. The van der Waals surface area contributed by atoms with E-state index in [2.05, 4.69) is 10.3 Å². The van der Waals surface area contributed by atoms with E-state index in [1.807, 2.05) is 44.2 Å². The molecule has 4 rings (SSSR count). The molecule has 3 heterocycles. The number of halogens is 4. The summed E-state index contributed by atoms with van der Waals surface area (Å²) in [4.78, 5) is 27.7. The van der Waals surface area contributed by atoms with Gasteiger partial charge in [0, 0.05) is 30.6 Å². The van der Waals surface area contributed by atoms with Crippen LogP contribution in [0.1, 0.15) is 38.7 Å². The Balaban J connectivity index is 0.000000454. The van der Waals surface area contributed by atoms with Crippen LogP contribution in [0.15, 0.2) is 42.7 Å². The number of ether oxygens (including phenoxy) is 1. The second kappa shape index (κ2) is 10.8. The van der Waals surface area contributed by atoms with Gasteiger partial charge in [0.05, 0.1) is 23.1 Å². The number of nitrogens with zero attached hydrogens (tertiary/aromatic N) is 2. The van der Waals surface area contributed by atoms with Gasteiger partial charge in [-0.1, -0.05) is 29.8 Å². The molecule has 36 heavy (non-hydrogen) atoms. The lowest BCUT2D eigenvalue weighted by atomic mass is 9.84. The van der Waals surface area contributed by atoms with Crippen molar-refractivity contribution in [2.45, 2.75) is 57.0 Å². The summed E-state index contributed by atoms with van der Waals surface area (Å²) in [6.07, 6.45) is 0.185. The van der Waals surface area contributed by atoms with Gasteiger partial charge in [-0.2, -0.15) is 13.2 Å². The number of hydrogen-bond acceptors (Lipinski definition) is 5. The highest BCUT2D eigenvalue weighted by atomic mass is 35.5. The van der Waals surface area contributed by atoms with Crippen LogP contribution in [0.2, 0.25) is 5.02 Å². The Bertz CT molecular complexity index is 1110. The second-order valence-corrected chi connectivity index (χ2v) is 9.19. The van der Waals surface area contributed by atoms with Crippen molar-refractivity contribution in [3.05, 3.63) is 53.3 Å². The van der Waals surface area contributed by atoms with E-state index in [1.54, 1.807) is 17.3 Å². The number of guanidine groups is 1. The SMILES string of the molecule is C[C@H]1C[C@@H](N2C(=N)N[C@](C)(c3cccc(-c4ccncc4)c3Cl)CC2=O)CCO1.O=C(O)C(F)(F)F. The summed E-state index contributed by atoms with van der Waals surface area (Å²) in [7, 11) is 0. The molecule has 3 atom stereocenters. The number of aromatic nitrogens is 1. The van der Waals surface area contributed by atoms with E-state index in [1.165, 1.54) is 0 Å². The maximum Gasteiger partial charge on any atom is 0.490 e. The molecule has 2 aliphatic heterocycles. The quantitative estimate of drug-likeness (QED) is 0.539. The van der Waals surface area contributed by atoms with Gasteiger partial charge in [0.15, 0.2) is 5.96 Å². The van der Waals surface area contributed by atoms with Crippen molar-refractivity contribution < 1.29 is 32.6 Å². The summed E-state index contributed by atoms with van der Waals surface area (Å²) in [6, 6.07) is 9.62. The maximum atomic E-state index is 13.1. The minimum absolute atomic E-state index is 0.00516. The number of hydrogen-bond donors (Lipinski definition) is 3. The van der Waals surface area contributed by atoms with Gasteiger partial charge in [-0.3, -0.25) is 20.1 Å². The molecule has 2 fully saturated rings. The molecule has 1 amide bonds. The molecule has 12 heteroatoms. The third-order valence-corrected chi connectivity index (χ3v) is 6.47. The third-order valence-electron chi connectivity index (χ3n) is 6.06. The van der Waals surface area contributed by atoms with Crippen molar-refractivity contribution >= 4 is 29.4 Å². The fourth-order valence-electron chi connectivity index (χ4n) is 4.35. The number of aliphatic carboxylic acids is 1. The van der Waals surface area contributed by atoms with Gasteiger partial charge in [0.2, 0.25) is 5.91 Å². The highest BCUT2D eigenvalue weighted by Crippen LogP contribution is 2.39. The lowest BCUT2D eigenvalue weighted by molar-refractivity contribution is -0.192. The van der Waals surface area contributed by atoms with E-state index < -0.39 is 17.7 Å². The largest absolute Gasteiger partial charge is 0.490 e. The first-order valence-corrected chi connectivity index (χ1v) is 11.5. The summed E-state index contributed by atoms with van der Waals surface area (Å²) >= 11 is 6.79. The van der Waals surface area contributed by atoms with E-state index in [4.69, 9.17) is 31.6 Å². The van der Waals surface area contributed by atoms with Crippen molar-refractivity contribution in [3.8, 4) is 11.1 Å². The average molecular weight is 527 g/mol. The predicted molar refractivity (Wildman–Crippen MR) is 126 cm³/mol. The first-order valence-electron chi connectivity index (χ1n) is 11.1. The molecule has 0 radical (unpaired) electrons. The van der Waals surface area contributed by atoms with Crippen molar-refractivity contribution in [2.24, 2.45) is 0 Å². The Morgan fingerprint density at radius 1 is 1.31 bits per heavy atom. The van der Waals surface area contributed by atoms with E-state index in [9.17, 15) is 18.0 Å². The Labute approximate surface area is 210 Å². The van der Waals surface area contributed by atoms with Crippen molar-refractivity contribution in [1.82, 2.24) is 15.2 Å². The lowest BCUT2D eigenvalue weighted by Crippen LogP contribution is -2.63. The number of amides is 1. The lowest BCUT2D eigenvalue weighted by Gasteiger charge is -2.45. The van der Waals surface area contributed by atoms with Crippen molar-refractivity contribution in [1.29, 1.82) is 5.41 Å².